The lowest BCUT2D eigenvalue weighted by atomic mass is 10.3. The van der Waals surface area contributed by atoms with Crippen molar-refractivity contribution in [3.8, 4) is 5.75 Å². The number of ether oxygens (including phenoxy) is 1. The predicted molar refractivity (Wildman–Crippen MR) is 73.8 cm³/mol. The lowest BCUT2D eigenvalue weighted by molar-refractivity contribution is -0.122. The van der Waals surface area contributed by atoms with Gasteiger partial charge in [0, 0.05) is 6.04 Å². The van der Waals surface area contributed by atoms with Crippen LogP contribution in [0.5, 0.6) is 5.75 Å². The van der Waals surface area contributed by atoms with Crippen molar-refractivity contribution >= 4 is 35.1 Å². The summed E-state index contributed by atoms with van der Waals surface area (Å²) in [6.45, 7) is 3.24. The second kappa shape index (κ2) is 7.21. The molecule has 1 rings (SSSR count). The minimum Gasteiger partial charge on any atom is -0.482 e. The quantitative estimate of drug-likeness (QED) is 0.898. The van der Waals surface area contributed by atoms with Crippen molar-refractivity contribution in [2.75, 3.05) is 6.61 Å². The van der Waals surface area contributed by atoms with E-state index in [0.717, 1.165) is 0 Å². The smallest absolute Gasteiger partial charge is 0.321 e. The van der Waals surface area contributed by atoms with Gasteiger partial charge in [0.2, 0.25) is 0 Å². The maximum absolute atomic E-state index is 11.4. The van der Waals surface area contributed by atoms with E-state index in [0.29, 0.717) is 5.02 Å². The zero-order valence-corrected chi connectivity index (χ0v) is 12.0. The Balaban J connectivity index is 2.46. The molecule has 2 N–H and O–H groups in total. The van der Waals surface area contributed by atoms with Crippen LogP contribution in [0.25, 0.3) is 0 Å². The van der Waals surface area contributed by atoms with Gasteiger partial charge in [0.25, 0.3) is 5.91 Å². The number of hydrogen-bond acceptors (Lipinski definition) is 3. The number of imide groups is 1. The van der Waals surface area contributed by atoms with Crippen LogP contribution in [0.4, 0.5) is 4.79 Å². The van der Waals surface area contributed by atoms with Crippen molar-refractivity contribution in [3.63, 3.8) is 0 Å². The van der Waals surface area contributed by atoms with Gasteiger partial charge in [0.15, 0.2) is 6.61 Å². The Labute approximate surface area is 121 Å². The van der Waals surface area contributed by atoms with Crippen LogP contribution in [0.15, 0.2) is 18.2 Å². The molecule has 1 aromatic rings. The molecule has 0 unspecified atom stereocenters. The van der Waals surface area contributed by atoms with E-state index in [-0.39, 0.29) is 23.4 Å². The first-order valence-corrected chi connectivity index (χ1v) is 6.33. The lowest BCUT2D eigenvalue weighted by Gasteiger charge is -2.10. The monoisotopic (exact) mass is 304 g/mol. The highest BCUT2D eigenvalue weighted by molar-refractivity contribution is 6.42. The largest absolute Gasteiger partial charge is 0.482 e. The van der Waals surface area contributed by atoms with E-state index in [4.69, 9.17) is 27.9 Å². The van der Waals surface area contributed by atoms with E-state index in [1.54, 1.807) is 32.0 Å². The van der Waals surface area contributed by atoms with Crippen molar-refractivity contribution in [3.05, 3.63) is 28.2 Å². The summed E-state index contributed by atoms with van der Waals surface area (Å²) in [5.41, 5.74) is 0. The first-order chi connectivity index (χ1) is 8.90. The Hall–Kier alpha value is -1.46. The summed E-state index contributed by atoms with van der Waals surface area (Å²) in [6, 6.07) is 4.20. The van der Waals surface area contributed by atoms with Gasteiger partial charge in [-0.05, 0) is 26.0 Å². The number of carbonyl (C=O) groups is 2. The number of carbonyl (C=O) groups excluding carboxylic acids is 2. The Bertz CT molecular complexity index is 478. The molecule has 0 saturated carbocycles. The second-order valence-corrected chi connectivity index (χ2v) is 4.80. The van der Waals surface area contributed by atoms with E-state index in [1.807, 2.05) is 0 Å². The summed E-state index contributed by atoms with van der Waals surface area (Å²) in [6.07, 6.45) is 0. The predicted octanol–water partition coefficient (Wildman–Crippen LogP) is 2.61. The number of amides is 3. The molecule has 5 nitrogen and oxygen atoms in total. The maximum Gasteiger partial charge on any atom is 0.321 e. The fourth-order valence-corrected chi connectivity index (χ4v) is 1.55. The molecule has 1 aromatic carbocycles. The molecule has 0 heterocycles. The Morgan fingerprint density at radius 1 is 1.32 bits per heavy atom. The molecule has 104 valence electrons. The molecule has 3 amide bonds. The van der Waals surface area contributed by atoms with Gasteiger partial charge < -0.3 is 10.1 Å². The van der Waals surface area contributed by atoms with Crippen molar-refractivity contribution in [2.24, 2.45) is 0 Å². The van der Waals surface area contributed by atoms with E-state index in [9.17, 15) is 9.59 Å². The average Bonchev–Trinajstić information content (AvgIpc) is 2.30. The Kier molecular flexibility index (Phi) is 5.92. The SMILES string of the molecule is CC(C)NC(=O)NC(=O)COc1cccc(Cl)c1Cl. The highest BCUT2D eigenvalue weighted by Crippen LogP contribution is 2.31. The van der Waals surface area contributed by atoms with Crippen LogP contribution in [-0.2, 0) is 4.79 Å². The summed E-state index contributed by atoms with van der Waals surface area (Å²) < 4.78 is 5.18. The lowest BCUT2D eigenvalue weighted by Crippen LogP contribution is -2.44. The number of nitrogens with one attached hydrogen (secondary N) is 2. The van der Waals surface area contributed by atoms with Gasteiger partial charge >= 0.3 is 6.03 Å². The highest BCUT2D eigenvalue weighted by atomic mass is 35.5. The van der Waals surface area contributed by atoms with Crippen LogP contribution in [0.3, 0.4) is 0 Å². The molecular weight excluding hydrogens is 291 g/mol. The van der Waals surface area contributed by atoms with Crippen LogP contribution in [-0.4, -0.2) is 24.6 Å². The van der Waals surface area contributed by atoms with Gasteiger partial charge in [-0.25, -0.2) is 4.79 Å². The topological polar surface area (TPSA) is 67.4 Å². The van der Waals surface area contributed by atoms with Crippen molar-refractivity contribution in [1.29, 1.82) is 0 Å². The van der Waals surface area contributed by atoms with Crippen LogP contribution in [0.2, 0.25) is 10.0 Å². The van der Waals surface area contributed by atoms with Gasteiger partial charge in [-0.15, -0.1) is 0 Å². The average molecular weight is 305 g/mol. The molecule has 0 aliphatic heterocycles. The van der Waals surface area contributed by atoms with Gasteiger partial charge in [0.05, 0.1) is 5.02 Å². The van der Waals surface area contributed by atoms with E-state index in [1.165, 1.54) is 0 Å². The fourth-order valence-electron chi connectivity index (χ4n) is 1.20. The summed E-state index contributed by atoms with van der Waals surface area (Å²) in [5.74, 6) is -0.289. The zero-order valence-electron chi connectivity index (χ0n) is 10.5. The van der Waals surface area contributed by atoms with Crippen molar-refractivity contribution in [1.82, 2.24) is 10.6 Å². The van der Waals surface area contributed by atoms with Crippen LogP contribution >= 0.6 is 23.2 Å². The van der Waals surface area contributed by atoms with Crippen LogP contribution < -0.4 is 15.4 Å². The molecule has 0 aromatic heterocycles. The fraction of sp³-hybridized carbons (Fsp3) is 0.333. The standard InChI is InChI=1S/C12H14Cl2N2O3/c1-7(2)15-12(18)16-10(17)6-19-9-5-3-4-8(13)11(9)14/h3-5,7H,6H2,1-2H3,(H2,15,16,17,18). The van der Waals surface area contributed by atoms with Gasteiger partial charge in [0.1, 0.15) is 10.8 Å². The minimum absolute atomic E-state index is 0.0592. The number of rotatable bonds is 4. The summed E-state index contributed by atoms with van der Waals surface area (Å²) in [4.78, 5) is 22.7. The van der Waals surface area contributed by atoms with Gasteiger partial charge in [-0.1, -0.05) is 29.3 Å². The van der Waals surface area contributed by atoms with Crippen molar-refractivity contribution in [2.45, 2.75) is 19.9 Å². The normalized spacial score (nSPS) is 10.2. The molecule has 0 spiro atoms. The minimum atomic E-state index is -0.575. The number of benzene rings is 1. The van der Waals surface area contributed by atoms with Crippen molar-refractivity contribution < 1.29 is 14.3 Å². The molecule has 19 heavy (non-hydrogen) atoms. The molecule has 7 heteroatoms. The van der Waals surface area contributed by atoms with E-state index < -0.39 is 11.9 Å². The number of halogens is 2. The number of hydrogen-bond donors (Lipinski definition) is 2. The van der Waals surface area contributed by atoms with E-state index in [2.05, 4.69) is 10.6 Å². The summed E-state index contributed by atoms with van der Waals surface area (Å²) in [7, 11) is 0. The van der Waals surface area contributed by atoms with Gasteiger partial charge in [-0.3, -0.25) is 10.1 Å². The maximum atomic E-state index is 11.4. The third-order valence-corrected chi connectivity index (χ3v) is 2.75. The third kappa shape index (κ3) is 5.36. The van der Waals surface area contributed by atoms with Crippen LogP contribution in [0.1, 0.15) is 13.8 Å². The molecule has 0 aliphatic carbocycles. The van der Waals surface area contributed by atoms with Gasteiger partial charge in [-0.2, -0.15) is 0 Å². The molecule has 0 aliphatic rings. The molecule has 0 radical (unpaired) electrons. The first kappa shape index (κ1) is 15.6. The molecule has 0 fully saturated rings. The van der Waals surface area contributed by atoms with E-state index >= 15 is 0 Å². The Morgan fingerprint density at radius 2 is 2.00 bits per heavy atom. The molecule has 0 atom stereocenters. The second-order valence-electron chi connectivity index (χ2n) is 4.02. The zero-order chi connectivity index (χ0) is 14.4. The molecule has 0 bridgehead atoms. The number of urea groups is 1. The molecular formula is C12H14Cl2N2O3. The third-order valence-electron chi connectivity index (χ3n) is 1.95. The summed E-state index contributed by atoms with van der Waals surface area (Å²) >= 11 is 11.7. The molecule has 0 saturated heterocycles. The Morgan fingerprint density at radius 3 is 2.63 bits per heavy atom. The first-order valence-electron chi connectivity index (χ1n) is 5.57. The highest BCUT2D eigenvalue weighted by Gasteiger charge is 2.11. The summed E-state index contributed by atoms with van der Waals surface area (Å²) in [5, 5.41) is 5.20. The van der Waals surface area contributed by atoms with Crippen LogP contribution in [0, 0.1) is 0 Å².